The maximum atomic E-state index is 5.38. The summed E-state index contributed by atoms with van der Waals surface area (Å²) in [5, 5.41) is 6.51. The van der Waals surface area contributed by atoms with Gasteiger partial charge in [0.15, 0.2) is 0 Å². The molecule has 3 aromatic rings. The van der Waals surface area contributed by atoms with E-state index in [4.69, 9.17) is 10.3 Å². The quantitative estimate of drug-likeness (QED) is 0.750. The second-order valence-electron chi connectivity index (χ2n) is 5.05. The first-order chi connectivity index (χ1) is 9.78. The Bertz CT molecular complexity index is 757. The monoisotopic (exact) mass is 270 g/mol. The molecular weight excluding hydrogens is 256 g/mol. The zero-order valence-electron chi connectivity index (χ0n) is 10.8. The van der Waals surface area contributed by atoms with E-state index in [1.807, 2.05) is 6.20 Å². The lowest BCUT2D eigenvalue weighted by Gasteiger charge is -1.98. The molecule has 1 fully saturated rings. The van der Waals surface area contributed by atoms with Crippen molar-refractivity contribution in [2.75, 3.05) is 11.1 Å². The minimum atomic E-state index is 0.122. The van der Waals surface area contributed by atoms with Crippen LogP contribution in [0.15, 0.2) is 29.0 Å². The predicted octanol–water partition coefficient (Wildman–Crippen LogP) is 1.79. The number of nitrogens with one attached hydrogen (secondary N) is 1. The third kappa shape index (κ3) is 2.07. The fourth-order valence-electron chi connectivity index (χ4n) is 2.28. The molecule has 0 aliphatic heterocycles. The van der Waals surface area contributed by atoms with Gasteiger partial charge < -0.3 is 20.0 Å². The van der Waals surface area contributed by atoms with E-state index < -0.39 is 0 Å². The second kappa shape index (κ2) is 4.22. The van der Waals surface area contributed by atoms with Crippen molar-refractivity contribution in [2.24, 2.45) is 0 Å². The fraction of sp³-hybridized carbons (Fsp3) is 0.308. The van der Waals surface area contributed by atoms with Crippen LogP contribution in [0.2, 0.25) is 0 Å². The van der Waals surface area contributed by atoms with Gasteiger partial charge in [-0.05, 0) is 35.5 Å². The molecule has 3 heterocycles. The maximum Gasteiger partial charge on any atom is 0.323 e. The number of pyridine rings is 1. The molecule has 4 rings (SSSR count). The van der Waals surface area contributed by atoms with Crippen LogP contribution in [0.5, 0.6) is 0 Å². The van der Waals surface area contributed by atoms with Crippen LogP contribution < -0.4 is 11.1 Å². The number of rotatable bonds is 4. The molecule has 20 heavy (non-hydrogen) atoms. The molecule has 0 aromatic carbocycles. The number of nitrogens with zero attached hydrogens (tertiary/aromatic N) is 4. The average Bonchev–Trinajstić information content (AvgIpc) is 3.09. The van der Waals surface area contributed by atoms with Crippen LogP contribution >= 0.6 is 0 Å². The number of fused-ring (bicyclic) bond motifs is 1. The normalized spacial score (nSPS) is 14.8. The van der Waals surface area contributed by atoms with Gasteiger partial charge in [0.2, 0.25) is 0 Å². The first-order valence-electron chi connectivity index (χ1n) is 6.58. The third-order valence-electron chi connectivity index (χ3n) is 3.44. The Morgan fingerprint density at radius 1 is 1.30 bits per heavy atom. The Morgan fingerprint density at radius 2 is 2.20 bits per heavy atom. The van der Waals surface area contributed by atoms with Gasteiger partial charge in [0.25, 0.3) is 5.95 Å². The van der Waals surface area contributed by atoms with Gasteiger partial charge in [-0.3, -0.25) is 0 Å². The molecule has 0 atom stereocenters. The standard InChI is InChI=1S/C13H14N6O/c14-12-17-13(20-18-12)15-5-10-7-19-6-9(8-1-2-8)3-4-11(19)16-10/h3-4,6-8H,1-2,5H2,(H3,14,15,17,18). The summed E-state index contributed by atoms with van der Waals surface area (Å²) in [5.74, 6) is 0.862. The fourth-order valence-corrected chi connectivity index (χ4v) is 2.28. The molecular formula is C13H14N6O. The Balaban J connectivity index is 1.54. The number of nitrogens with two attached hydrogens (primary N) is 1. The molecule has 1 aliphatic carbocycles. The van der Waals surface area contributed by atoms with Gasteiger partial charge in [-0.1, -0.05) is 6.07 Å². The van der Waals surface area contributed by atoms with Crippen molar-refractivity contribution in [3.63, 3.8) is 0 Å². The highest BCUT2D eigenvalue weighted by atomic mass is 16.5. The van der Waals surface area contributed by atoms with Crippen LogP contribution in [-0.4, -0.2) is 19.5 Å². The number of hydrogen-bond acceptors (Lipinski definition) is 6. The van der Waals surface area contributed by atoms with Crippen molar-refractivity contribution >= 4 is 17.6 Å². The van der Waals surface area contributed by atoms with E-state index >= 15 is 0 Å². The molecule has 1 saturated carbocycles. The van der Waals surface area contributed by atoms with Crippen molar-refractivity contribution in [2.45, 2.75) is 25.3 Å². The number of imidazole rings is 1. The first kappa shape index (κ1) is 11.3. The molecule has 0 amide bonds. The highest BCUT2D eigenvalue weighted by molar-refractivity contribution is 5.43. The summed E-state index contributed by atoms with van der Waals surface area (Å²) in [6.07, 6.45) is 6.77. The van der Waals surface area contributed by atoms with Gasteiger partial charge in [-0.25, -0.2) is 4.98 Å². The molecule has 0 bridgehead atoms. The lowest BCUT2D eigenvalue weighted by Crippen LogP contribution is -1.99. The summed E-state index contributed by atoms with van der Waals surface area (Å²) < 4.78 is 6.95. The molecule has 102 valence electrons. The Labute approximate surface area is 114 Å². The van der Waals surface area contributed by atoms with Crippen LogP contribution in [0.3, 0.4) is 0 Å². The third-order valence-corrected chi connectivity index (χ3v) is 3.44. The van der Waals surface area contributed by atoms with Crippen molar-refractivity contribution in [1.29, 1.82) is 0 Å². The van der Waals surface area contributed by atoms with Crippen LogP contribution in [0.1, 0.15) is 30.0 Å². The van der Waals surface area contributed by atoms with Crippen LogP contribution in [-0.2, 0) is 6.54 Å². The van der Waals surface area contributed by atoms with Gasteiger partial charge in [0, 0.05) is 12.4 Å². The first-order valence-corrected chi connectivity index (χ1v) is 6.58. The Kier molecular flexibility index (Phi) is 2.38. The van der Waals surface area contributed by atoms with Crippen molar-refractivity contribution in [3.8, 4) is 0 Å². The highest BCUT2D eigenvalue weighted by Gasteiger charge is 2.23. The van der Waals surface area contributed by atoms with Gasteiger partial charge in [-0.2, -0.15) is 4.98 Å². The van der Waals surface area contributed by atoms with E-state index in [0.29, 0.717) is 12.6 Å². The molecule has 0 radical (unpaired) electrons. The lowest BCUT2D eigenvalue weighted by atomic mass is 10.2. The summed E-state index contributed by atoms with van der Waals surface area (Å²) >= 11 is 0. The van der Waals surface area contributed by atoms with Crippen LogP contribution in [0.4, 0.5) is 12.0 Å². The Morgan fingerprint density at radius 3 is 2.95 bits per heavy atom. The molecule has 3 aromatic heterocycles. The molecule has 7 nitrogen and oxygen atoms in total. The van der Waals surface area contributed by atoms with Crippen molar-refractivity contribution in [3.05, 3.63) is 35.8 Å². The maximum absolute atomic E-state index is 5.38. The summed E-state index contributed by atoms with van der Waals surface area (Å²) in [4.78, 5) is 8.41. The number of aromatic nitrogens is 4. The van der Waals surface area contributed by atoms with E-state index in [1.165, 1.54) is 18.4 Å². The minimum absolute atomic E-state index is 0.122. The summed E-state index contributed by atoms with van der Waals surface area (Å²) in [7, 11) is 0. The molecule has 0 unspecified atom stereocenters. The zero-order valence-corrected chi connectivity index (χ0v) is 10.8. The van der Waals surface area contributed by atoms with E-state index in [-0.39, 0.29) is 5.95 Å². The molecule has 0 spiro atoms. The molecule has 3 N–H and O–H groups in total. The second-order valence-corrected chi connectivity index (χ2v) is 5.05. The van der Waals surface area contributed by atoms with Gasteiger partial charge in [-0.15, -0.1) is 0 Å². The van der Waals surface area contributed by atoms with E-state index in [9.17, 15) is 0 Å². The van der Waals surface area contributed by atoms with Crippen molar-refractivity contribution < 1.29 is 4.52 Å². The summed E-state index contributed by atoms with van der Waals surface area (Å²) in [6, 6.07) is 4.52. The average molecular weight is 270 g/mol. The molecule has 0 saturated heterocycles. The smallest absolute Gasteiger partial charge is 0.323 e. The van der Waals surface area contributed by atoms with Gasteiger partial charge in [0.05, 0.1) is 12.2 Å². The molecule has 7 heteroatoms. The molecule has 1 aliphatic rings. The zero-order chi connectivity index (χ0) is 13.5. The van der Waals surface area contributed by atoms with E-state index in [0.717, 1.165) is 17.3 Å². The summed E-state index contributed by atoms with van der Waals surface area (Å²) in [5.41, 5.74) is 8.62. The number of anilines is 2. The lowest BCUT2D eigenvalue weighted by molar-refractivity contribution is 0.432. The summed E-state index contributed by atoms with van der Waals surface area (Å²) in [6.45, 7) is 0.516. The predicted molar refractivity (Wildman–Crippen MR) is 73.2 cm³/mol. The van der Waals surface area contributed by atoms with Crippen molar-refractivity contribution in [1.82, 2.24) is 19.5 Å². The SMILES string of the molecule is Nc1noc(NCc2cn3cc(C4CC4)ccc3n2)n1. The minimum Gasteiger partial charge on any atom is -0.365 e. The Hall–Kier alpha value is -2.57. The number of hydrogen-bond donors (Lipinski definition) is 2. The largest absolute Gasteiger partial charge is 0.365 e. The van der Waals surface area contributed by atoms with Gasteiger partial charge in [0.1, 0.15) is 5.65 Å². The van der Waals surface area contributed by atoms with E-state index in [1.54, 1.807) is 0 Å². The number of nitrogen functional groups attached to an aromatic ring is 1. The highest BCUT2D eigenvalue weighted by Crippen LogP contribution is 2.39. The van der Waals surface area contributed by atoms with E-state index in [2.05, 4.69) is 43.2 Å². The topological polar surface area (TPSA) is 94.3 Å². The van der Waals surface area contributed by atoms with Crippen LogP contribution in [0, 0.1) is 0 Å². The van der Waals surface area contributed by atoms with Crippen LogP contribution in [0.25, 0.3) is 5.65 Å². The van der Waals surface area contributed by atoms with Gasteiger partial charge >= 0.3 is 6.01 Å².